The Hall–Kier alpha value is -1.21. The number of carbonyl (C=O) groups is 1. The minimum atomic E-state index is -0.0931. The van der Waals surface area contributed by atoms with Crippen molar-refractivity contribution in [2.24, 2.45) is 0 Å². The molecule has 0 saturated carbocycles. The second-order valence-corrected chi connectivity index (χ2v) is 3.29. The molecule has 0 aliphatic carbocycles. The predicted octanol–water partition coefficient (Wildman–Crippen LogP) is 0.0593. The Morgan fingerprint density at radius 2 is 2.43 bits per heavy atom. The van der Waals surface area contributed by atoms with Gasteiger partial charge in [-0.3, -0.25) is 0 Å². The van der Waals surface area contributed by atoms with Gasteiger partial charge in [0.05, 0.1) is 6.04 Å². The molecule has 1 aliphatic rings. The molecule has 0 aromatic rings. The van der Waals surface area contributed by atoms with Gasteiger partial charge >= 0.3 is 6.03 Å². The van der Waals surface area contributed by atoms with Crippen molar-refractivity contribution in [3.63, 3.8) is 0 Å². The molecule has 0 spiro atoms. The second kappa shape index (κ2) is 5.51. The molecular weight excluding hydrogens is 178 g/mol. The van der Waals surface area contributed by atoms with Crippen LogP contribution < -0.4 is 16.0 Å². The molecule has 0 radical (unpaired) electrons. The van der Waals surface area contributed by atoms with E-state index in [0.717, 1.165) is 13.0 Å². The van der Waals surface area contributed by atoms with Crippen molar-refractivity contribution in [3.8, 4) is 11.8 Å². The molecule has 14 heavy (non-hydrogen) atoms. The van der Waals surface area contributed by atoms with Crippen LogP contribution in [0, 0.1) is 11.8 Å². The lowest BCUT2D eigenvalue weighted by molar-refractivity contribution is 0.238. The normalized spacial score (nSPS) is 25.0. The fourth-order valence-electron chi connectivity index (χ4n) is 1.53. The van der Waals surface area contributed by atoms with Gasteiger partial charge in [-0.15, -0.1) is 5.92 Å². The van der Waals surface area contributed by atoms with E-state index >= 15 is 0 Å². The van der Waals surface area contributed by atoms with E-state index < -0.39 is 0 Å². The van der Waals surface area contributed by atoms with Crippen LogP contribution in [0.3, 0.4) is 0 Å². The average molecular weight is 195 g/mol. The van der Waals surface area contributed by atoms with Gasteiger partial charge in [0, 0.05) is 19.1 Å². The van der Waals surface area contributed by atoms with Gasteiger partial charge in [-0.25, -0.2) is 4.79 Å². The third kappa shape index (κ3) is 3.27. The Labute approximate surface area is 84.8 Å². The molecule has 0 bridgehead atoms. The van der Waals surface area contributed by atoms with Gasteiger partial charge in [0.25, 0.3) is 0 Å². The summed E-state index contributed by atoms with van der Waals surface area (Å²) in [6.07, 6.45) is 0.887. The third-order valence-corrected chi connectivity index (χ3v) is 2.12. The molecule has 2 amide bonds. The van der Waals surface area contributed by atoms with Crippen LogP contribution in [0.1, 0.15) is 20.3 Å². The maximum atomic E-state index is 11.2. The first-order valence-electron chi connectivity index (χ1n) is 4.96. The molecule has 0 aromatic heterocycles. The first-order chi connectivity index (χ1) is 6.76. The van der Waals surface area contributed by atoms with E-state index in [1.165, 1.54) is 0 Å². The Morgan fingerprint density at radius 3 is 3.07 bits per heavy atom. The lowest BCUT2D eigenvalue weighted by atomic mass is 10.2. The number of hydrogen-bond acceptors (Lipinski definition) is 2. The van der Waals surface area contributed by atoms with E-state index in [2.05, 4.69) is 27.8 Å². The van der Waals surface area contributed by atoms with E-state index in [1.54, 1.807) is 0 Å². The standard InChI is InChI=1S/C10H17N3O/c1-3-5-8-6-9(7-12-8)13-10(14)11-4-2/h8-9,12H,4,6-7H2,1-2H3,(H2,11,13,14)/t8?,9-/m0/s1. The number of nitrogens with one attached hydrogen (secondary N) is 3. The number of amides is 2. The summed E-state index contributed by atoms with van der Waals surface area (Å²) in [5.74, 6) is 5.91. The molecule has 1 saturated heterocycles. The average Bonchev–Trinajstić information content (AvgIpc) is 2.53. The molecule has 0 aromatic carbocycles. The predicted molar refractivity (Wildman–Crippen MR) is 55.9 cm³/mol. The second-order valence-electron chi connectivity index (χ2n) is 3.29. The van der Waals surface area contributed by atoms with Crippen molar-refractivity contribution in [1.29, 1.82) is 0 Å². The first kappa shape index (κ1) is 10.9. The maximum absolute atomic E-state index is 11.2. The summed E-state index contributed by atoms with van der Waals surface area (Å²) in [7, 11) is 0. The summed E-state index contributed by atoms with van der Waals surface area (Å²) >= 11 is 0. The fraction of sp³-hybridized carbons (Fsp3) is 0.700. The van der Waals surface area contributed by atoms with Crippen LogP contribution in [-0.2, 0) is 0 Å². The van der Waals surface area contributed by atoms with Gasteiger partial charge in [0.2, 0.25) is 0 Å². The zero-order chi connectivity index (χ0) is 10.4. The highest BCUT2D eigenvalue weighted by molar-refractivity contribution is 5.74. The zero-order valence-electron chi connectivity index (χ0n) is 8.68. The molecule has 1 unspecified atom stereocenters. The summed E-state index contributed by atoms with van der Waals surface area (Å²) < 4.78 is 0. The van der Waals surface area contributed by atoms with E-state index in [-0.39, 0.29) is 18.1 Å². The molecule has 1 heterocycles. The number of urea groups is 1. The number of hydrogen-bond donors (Lipinski definition) is 3. The summed E-state index contributed by atoms with van der Waals surface area (Å²) in [6.45, 7) is 5.19. The first-order valence-corrected chi connectivity index (χ1v) is 4.96. The smallest absolute Gasteiger partial charge is 0.315 e. The van der Waals surface area contributed by atoms with Gasteiger partial charge in [-0.2, -0.15) is 0 Å². The van der Waals surface area contributed by atoms with Crippen LogP contribution >= 0.6 is 0 Å². The minimum Gasteiger partial charge on any atom is -0.338 e. The van der Waals surface area contributed by atoms with E-state index in [4.69, 9.17) is 0 Å². The summed E-state index contributed by atoms with van der Waals surface area (Å²) in [6, 6.07) is 0.337. The summed E-state index contributed by atoms with van der Waals surface area (Å²) in [4.78, 5) is 11.2. The van der Waals surface area contributed by atoms with Gasteiger partial charge in [-0.05, 0) is 20.3 Å². The summed E-state index contributed by atoms with van der Waals surface area (Å²) in [5.41, 5.74) is 0. The van der Waals surface area contributed by atoms with Gasteiger partial charge in [0.1, 0.15) is 0 Å². The molecule has 2 atom stereocenters. The van der Waals surface area contributed by atoms with E-state index in [9.17, 15) is 4.79 Å². The van der Waals surface area contributed by atoms with Crippen LogP contribution in [0.15, 0.2) is 0 Å². The van der Waals surface area contributed by atoms with Crippen LogP contribution in [0.2, 0.25) is 0 Å². The maximum Gasteiger partial charge on any atom is 0.315 e. The molecule has 3 N–H and O–H groups in total. The summed E-state index contributed by atoms with van der Waals surface area (Å²) in [5, 5.41) is 8.83. The highest BCUT2D eigenvalue weighted by Crippen LogP contribution is 2.05. The van der Waals surface area contributed by atoms with Crippen molar-refractivity contribution in [3.05, 3.63) is 0 Å². The zero-order valence-corrected chi connectivity index (χ0v) is 8.68. The van der Waals surface area contributed by atoms with Crippen molar-refractivity contribution in [2.75, 3.05) is 13.1 Å². The van der Waals surface area contributed by atoms with Crippen LogP contribution in [0.4, 0.5) is 4.79 Å². The van der Waals surface area contributed by atoms with E-state index in [0.29, 0.717) is 6.54 Å². The monoisotopic (exact) mass is 195 g/mol. The molecule has 1 fully saturated rings. The quantitative estimate of drug-likeness (QED) is 0.546. The van der Waals surface area contributed by atoms with Crippen molar-refractivity contribution >= 4 is 6.03 Å². The molecule has 4 nitrogen and oxygen atoms in total. The molecule has 1 rings (SSSR count). The Bertz CT molecular complexity index is 254. The Morgan fingerprint density at radius 1 is 1.64 bits per heavy atom. The van der Waals surface area contributed by atoms with Gasteiger partial charge < -0.3 is 16.0 Å². The van der Waals surface area contributed by atoms with Crippen LogP contribution in [-0.4, -0.2) is 31.2 Å². The molecule has 4 heteroatoms. The number of rotatable bonds is 2. The van der Waals surface area contributed by atoms with Crippen molar-refractivity contribution < 1.29 is 4.79 Å². The SMILES string of the molecule is CC#CC1C[C@H](NC(=O)NCC)CN1. The Kier molecular flexibility index (Phi) is 4.27. The molecule has 78 valence electrons. The third-order valence-electron chi connectivity index (χ3n) is 2.12. The number of carbonyl (C=O) groups excluding carboxylic acids is 1. The molecule has 1 aliphatic heterocycles. The van der Waals surface area contributed by atoms with Crippen molar-refractivity contribution in [2.45, 2.75) is 32.4 Å². The highest BCUT2D eigenvalue weighted by Gasteiger charge is 2.23. The topological polar surface area (TPSA) is 53.2 Å². The van der Waals surface area contributed by atoms with Crippen LogP contribution in [0.25, 0.3) is 0 Å². The molecular formula is C10H17N3O. The Balaban J connectivity index is 2.27. The minimum absolute atomic E-state index is 0.0931. The lowest BCUT2D eigenvalue weighted by Gasteiger charge is -2.11. The van der Waals surface area contributed by atoms with E-state index in [1.807, 2.05) is 13.8 Å². The largest absolute Gasteiger partial charge is 0.338 e. The lowest BCUT2D eigenvalue weighted by Crippen LogP contribution is -2.42. The van der Waals surface area contributed by atoms with Crippen LogP contribution in [0.5, 0.6) is 0 Å². The van der Waals surface area contributed by atoms with Gasteiger partial charge in [0.15, 0.2) is 0 Å². The van der Waals surface area contributed by atoms with Crippen molar-refractivity contribution in [1.82, 2.24) is 16.0 Å². The van der Waals surface area contributed by atoms with Gasteiger partial charge in [-0.1, -0.05) is 5.92 Å². The fourth-order valence-corrected chi connectivity index (χ4v) is 1.53. The highest BCUT2D eigenvalue weighted by atomic mass is 16.2.